The summed E-state index contributed by atoms with van der Waals surface area (Å²) in [5.74, 6) is -1.79. The summed E-state index contributed by atoms with van der Waals surface area (Å²) in [6.45, 7) is 0.577. The van der Waals surface area contributed by atoms with Crippen LogP contribution in [0.2, 0.25) is 5.02 Å². The molecule has 0 saturated heterocycles. The Kier molecular flexibility index (Phi) is 5.33. The maximum Gasteiger partial charge on any atom is 0.253 e. The summed E-state index contributed by atoms with van der Waals surface area (Å²) < 4.78 is 31.5. The van der Waals surface area contributed by atoms with Crippen molar-refractivity contribution in [2.24, 2.45) is 0 Å². The van der Waals surface area contributed by atoms with Gasteiger partial charge < -0.3 is 9.64 Å². The molecule has 116 valence electrons. The Labute approximate surface area is 132 Å². The molecular formula is C16H14ClF2NO2. The number of hydrogen-bond donors (Lipinski definition) is 0. The number of ether oxygens (including phenoxy) is 1. The van der Waals surface area contributed by atoms with Crippen LogP contribution in [0.5, 0.6) is 5.75 Å². The van der Waals surface area contributed by atoms with Gasteiger partial charge in [0.05, 0.1) is 6.54 Å². The first-order valence-electron chi connectivity index (χ1n) is 6.56. The van der Waals surface area contributed by atoms with E-state index in [1.165, 1.54) is 11.0 Å². The summed E-state index contributed by atoms with van der Waals surface area (Å²) in [5, 5.41) is 0.609. The van der Waals surface area contributed by atoms with E-state index >= 15 is 0 Å². The van der Waals surface area contributed by atoms with Gasteiger partial charge in [-0.2, -0.15) is 0 Å². The molecule has 2 aromatic rings. The molecule has 6 heteroatoms. The highest BCUT2D eigenvalue weighted by molar-refractivity contribution is 6.30. The zero-order valence-corrected chi connectivity index (χ0v) is 12.6. The Morgan fingerprint density at radius 3 is 2.45 bits per heavy atom. The number of nitrogens with zero attached hydrogens (tertiary/aromatic N) is 1. The van der Waals surface area contributed by atoms with Gasteiger partial charge in [-0.15, -0.1) is 0 Å². The summed E-state index contributed by atoms with van der Waals surface area (Å²) in [5.41, 5.74) is 0.0906. The lowest BCUT2D eigenvalue weighted by Gasteiger charge is -2.17. The Morgan fingerprint density at radius 2 is 1.82 bits per heavy atom. The second kappa shape index (κ2) is 7.22. The van der Waals surface area contributed by atoms with Gasteiger partial charge in [-0.25, -0.2) is 8.78 Å². The van der Waals surface area contributed by atoms with Crippen molar-refractivity contribution < 1.29 is 18.3 Å². The number of carbonyl (C=O) groups is 1. The number of hydrogen-bond acceptors (Lipinski definition) is 2. The highest BCUT2D eigenvalue weighted by Crippen LogP contribution is 2.15. The predicted molar refractivity (Wildman–Crippen MR) is 80.3 cm³/mol. The van der Waals surface area contributed by atoms with Crippen molar-refractivity contribution >= 4 is 17.5 Å². The van der Waals surface area contributed by atoms with Crippen molar-refractivity contribution in [2.75, 3.05) is 20.2 Å². The fourth-order valence-corrected chi connectivity index (χ4v) is 1.91. The molecule has 1 amide bonds. The number of amides is 1. The third kappa shape index (κ3) is 4.18. The van der Waals surface area contributed by atoms with Crippen molar-refractivity contribution in [3.05, 3.63) is 64.7 Å². The second-order valence-corrected chi connectivity index (χ2v) is 5.09. The minimum Gasteiger partial charge on any atom is -0.492 e. The molecule has 0 saturated carbocycles. The van der Waals surface area contributed by atoms with Crippen molar-refractivity contribution in [3.8, 4) is 5.75 Å². The van der Waals surface area contributed by atoms with Gasteiger partial charge in [0, 0.05) is 17.6 Å². The number of benzene rings is 2. The summed E-state index contributed by atoms with van der Waals surface area (Å²) in [6, 6.07) is 9.91. The molecule has 0 aliphatic rings. The average molecular weight is 326 g/mol. The SMILES string of the molecule is CN(CCOc1ccc(Cl)cc1)C(=O)c1ccc(F)c(F)c1. The van der Waals surface area contributed by atoms with Crippen LogP contribution in [-0.2, 0) is 0 Å². The minimum atomic E-state index is -1.04. The second-order valence-electron chi connectivity index (χ2n) is 4.66. The van der Waals surface area contributed by atoms with Crippen LogP contribution in [0.15, 0.2) is 42.5 Å². The molecule has 0 radical (unpaired) electrons. The maximum atomic E-state index is 13.1. The van der Waals surface area contributed by atoms with Crippen LogP contribution in [0.25, 0.3) is 0 Å². The van der Waals surface area contributed by atoms with E-state index in [2.05, 4.69) is 0 Å². The van der Waals surface area contributed by atoms with Crippen LogP contribution in [0.4, 0.5) is 8.78 Å². The number of rotatable bonds is 5. The highest BCUT2D eigenvalue weighted by Gasteiger charge is 2.14. The van der Waals surface area contributed by atoms with E-state index in [-0.39, 0.29) is 12.2 Å². The lowest BCUT2D eigenvalue weighted by Crippen LogP contribution is -2.31. The monoisotopic (exact) mass is 325 g/mol. The lowest BCUT2D eigenvalue weighted by atomic mass is 10.2. The Balaban J connectivity index is 1.88. The molecule has 22 heavy (non-hydrogen) atoms. The summed E-state index contributed by atoms with van der Waals surface area (Å²) >= 11 is 5.76. The summed E-state index contributed by atoms with van der Waals surface area (Å²) in [4.78, 5) is 13.4. The third-order valence-corrected chi connectivity index (χ3v) is 3.27. The molecule has 0 bridgehead atoms. The number of halogens is 3. The highest BCUT2D eigenvalue weighted by atomic mass is 35.5. The predicted octanol–water partition coefficient (Wildman–Crippen LogP) is 3.77. The molecule has 0 aliphatic carbocycles. The van der Waals surface area contributed by atoms with Crippen LogP contribution in [0.3, 0.4) is 0 Å². The normalized spacial score (nSPS) is 10.4. The molecule has 0 spiro atoms. The van der Waals surface area contributed by atoms with Gasteiger partial charge in [0.15, 0.2) is 11.6 Å². The molecule has 0 aliphatic heterocycles. The Hall–Kier alpha value is -2.14. The third-order valence-electron chi connectivity index (χ3n) is 3.02. The lowest BCUT2D eigenvalue weighted by molar-refractivity contribution is 0.0773. The van der Waals surface area contributed by atoms with Gasteiger partial charge in [-0.1, -0.05) is 11.6 Å². The van der Waals surface area contributed by atoms with E-state index in [4.69, 9.17) is 16.3 Å². The van der Waals surface area contributed by atoms with E-state index in [1.807, 2.05) is 0 Å². The Morgan fingerprint density at radius 1 is 1.14 bits per heavy atom. The van der Waals surface area contributed by atoms with Crippen molar-refractivity contribution in [1.82, 2.24) is 4.90 Å². The Bertz CT molecular complexity index is 662. The first-order valence-corrected chi connectivity index (χ1v) is 6.94. The topological polar surface area (TPSA) is 29.5 Å². The zero-order chi connectivity index (χ0) is 16.1. The summed E-state index contributed by atoms with van der Waals surface area (Å²) in [7, 11) is 1.56. The van der Waals surface area contributed by atoms with Crippen LogP contribution in [-0.4, -0.2) is 31.0 Å². The quantitative estimate of drug-likeness (QED) is 0.837. The first kappa shape index (κ1) is 16.2. The number of carbonyl (C=O) groups excluding carboxylic acids is 1. The molecule has 0 heterocycles. The van der Waals surface area contributed by atoms with Crippen molar-refractivity contribution in [3.63, 3.8) is 0 Å². The van der Waals surface area contributed by atoms with Gasteiger partial charge in [-0.05, 0) is 42.5 Å². The molecule has 0 N–H and O–H groups in total. The first-order chi connectivity index (χ1) is 10.5. The minimum absolute atomic E-state index is 0.0906. The largest absolute Gasteiger partial charge is 0.492 e. The molecule has 2 rings (SSSR count). The van der Waals surface area contributed by atoms with E-state index < -0.39 is 17.5 Å². The molecular weight excluding hydrogens is 312 g/mol. The van der Waals surface area contributed by atoms with Gasteiger partial charge >= 0.3 is 0 Å². The van der Waals surface area contributed by atoms with Crippen LogP contribution < -0.4 is 4.74 Å². The van der Waals surface area contributed by atoms with Crippen molar-refractivity contribution in [2.45, 2.75) is 0 Å². The van der Waals surface area contributed by atoms with E-state index in [1.54, 1.807) is 31.3 Å². The van der Waals surface area contributed by atoms with Crippen LogP contribution in [0.1, 0.15) is 10.4 Å². The van der Waals surface area contributed by atoms with Gasteiger partial charge in [0.1, 0.15) is 12.4 Å². The molecule has 0 atom stereocenters. The molecule has 0 fully saturated rings. The maximum absolute atomic E-state index is 13.1. The molecule has 0 unspecified atom stereocenters. The van der Waals surface area contributed by atoms with Crippen LogP contribution in [0, 0.1) is 11.6 Å². The molecule has 0 aromatic heterocycles. The number of likely N-dealkylation sites (N-methyl/N-ethyl adjacent to an activating group) is 1. The standard InChI is InChI=1S/C16H14ClF2NO2/c1-20(8-9-22-13-5-3-12(17)4-6-13)16(21)11-2-7-14(18)15(19)10-11/h2-7,10H,8-9H2,1H3. The van der Waals surface area contributed by atoms with Crippen molar-refractivity contribution in [1.29, 1.82) is 0 Å². The van der Waals surface area contributed by atoms with Gasteiger partial charge in [-0.3, -0.25) is 4.79 Å². The van der Waals surface area contributed by atoms with E-state index in [0.29, 0.717) is 17.3 Å². The molecule has 3 nitrogen and oxygen atoms in total. The fourth-order valence-electron chi connectivity index (χ4n) is 1.78. The van der Waals surface area contributed by atoms with E-state index in [9.17, 15) is 13.6 Å². The molecule has 2 aromatic carbocycles. The smallest absolute Gasteiger partial charge is 0.253 e. The van der Waals surface area contributed by atoms with Crippen LogP contribution >= 0.6 is 11.6 Å². The average Bonchev–Trinajstić information content (AvgIpc) is 2.51. The van der Waals surface area contributed by atoms with Gasteiger partial charge in [0.2, 0.25) is 0 Å². The van der Waals surface area contributed by atoms with Gasteiger partial charge in [0.25, 0.3) is 5.91 Å². The fraction of sp³-hybridized carbons (Fsp3) is 0.188. The summed E-state index contributed by atoms with van der Waals surface area (Å²) in [6.07, 6.45) is 0. The zero-order valence-electron chi connectivity index (χ0n) is 11.9. The van der Waals surface area contributed by atoms with E-state index in [0.717, 1.165) is 12.1 Å².